The van der Waals surface area contributed by atoms with Gasteiger partial charge in [0, 0.05) is 12.7 Å². The maximum Gasteiger partial charge on any atom is 0.229 e. The Morgan fingerprint density at radius 3 is 2.89 bits per heavy atom. The van der Waals surface area contributed by atoms with Crippen LogP contribution in [0.2, 0.25) is 5.02 Å². The summed E-state index contributed by atoms with van der Waals surface area (Å²) in [5.74, 6) is 1.17. The molecule has 1 aliphatic rings. The summed E-state index contributed by atoms with van der Waals surface area (Å²) in [6, 6.07) is 6.43. The molecular weight excluding hydrogens is 260 g/mol. The Morgan fingerprint density at radius 1 is 1.21 bits per heavy atom. The van der Waals surface area contributed by atoms with Crippen LogP contribution in [0.15, 0.2) is 24.4 Å². The molecule has 0 saturated carbocycles. The van der Waals surface area contributed by atoms with Crippen molar-refractivity contribution in [2.75, 3.05) is 17.7 Å². The summed E-state index contributed by atoms with van der Waals surface area (Å²) in [6.45, 7) is 0. The van der Waals surface area contributed by atoms with E-state index >= 15 is 0 Å². The Bertz CT molecular complexity index is 603. The molecule has 1 aromatic carbocycles. The molecule has 0 amide bonds. The Morgan fingerprint density at radius 2 is 2.05 bits per heavy atom. The van der Waals surface area contributed by atoms with Crippen LogP contribution in [-0.4, -0.2) is 17.0 Å². The smallest absolute Gasteiger partial charge is 0.229 e. The predicted octanol–water partition coefficient (Wildman–Crippen LogP) is 3.40. The van der Waals surface area contributed by atoms with Crippen LogP contribution in [0.5, 0.6) is 0 Å². The molecule has 0 bridgehead atoms. The van der Waals surface area contributed by atoms with Crippen molar-refractivity contribution in [3.63, 3.8) is 0 Å². The van der Waals surface area contributed by atoms with E-state index in [0.717, 1.165) is 12.1 Å². The van der Waals surface area contributed by atoms with E-state index < -0.39 is 0 Å². The van der Waals surface area contributed by atoms with E-state index in [1.54, 1.807) is 13.2 Å². The van der Waals surface area contributed by atoms with Gasteiger partial charge >= 0.3 is 0 Å². The summed E-state index contributed by atoms with van der Waals surface area (Å²) in [5.41, 5.74) is 3.90. The van der Waals surface area contributed by atoms with Gasteiger partial charge in [0.15, 0.2) is 0 Å². The van der Waals surface area contributed by atoms with E-state index in [1.165, 1.54) is 24.0 Å². The third kappa shape index (κ3) is 2.49. The molecule has 1 aliphatic carbocycles. The Labute approximate surface area is 117 Å². The fourth-order valence-corrected chi connectivity index (χ4v) is 2.57. The maximum atomic E-state index is 5.96. The first-order valence-electron chi connectivity index (χ1n) is 6.35. The fourth-order valence-electron chi connectivity index (χ4n) is 2.38. The van der Waals surface area contributed by atoms with E-state index in [1.807, 2.05) is 0 Å². The molecule has 0 atom stereocenters. The number of benzene rings is 1. The van der Waals surface area contributed by atoms with Crippen molar-refractivity contribution < 1.29 is 0 Å². The average molecular weight is 275 g/mol. The lowest BCUT2D eigenvalue weighted by atomic mass is 10.1. The molecule has 3 rings (SSSR count). The Kier molecular flexibility index (Phi) is 3.25. The maximum absolute atomic E-state index is 5.96. The number of halogens is 1. The molecule has 19 heavy (non-hydrogen) atoms. The molecule has 0 saturated heterocycles. The number of nitrogens with zero attached hydrogens (tertiary/aromatic N) is 2. The fraction of sp³-hybridized carbons (Fsp3) is 0.286. The van der Waals surface area contributed by atoms with Crippen molar-refractivity contribution >= 4 is 29.1 Å². The molecule has 98 valence electrons. The number of fused-ring (bicyclic) bond motifs is 1. The van der Waals surface area contributed by atoms with Crippen LogP contribution in [-0.2, 0) is 12.8 Å². The van der Waals surface area contributed by atoms with Crippen LogP contribution in [0.25, 0.3) is 0 Å². The van der Waals surface area contributed by atoms with Crippen LogP contribution in [0.3, 0.4) is 0 Å². The highest BCUT2D eigenvalue weighted by Crippen LogP contribution is 2.26. The van der Waals surface area contributed by atoms with Gasteiger partial charge in [-0.25, -0.2) is 4.98 Å². The molecule has 4 nitrogen and oxygen atoms in total. The molecule has 2 aromatic rings. The number of aryl methyl sites for hydroxylation is 2. The first-order chi connectivity index (χ1) is 9.26. The summed E-state index contributed by atoms with van der Waals surface area (Å²) in [5, 5.41) is 6.67. The molecule has 0 radical (unpaired) electrons. The van der Waals surface area contributed by atoms with Crippen molar-refractivity contribution in [1.82, 2.24) is 9.97 Å². The van der Waals surface area contributed by atoms with Gasteiger partial charge in [-0.3, -0.25) is 0 Å². The van der Waals surface area contributed by atoms with Crippen LogP contribution in [0.1, 0.15) is 17.5 Å². The molecular formula is C14H15ClN4. The summed E-state index contributed by atoms with van der Waals surface area (Å²) < 4.78 is 0. The van der Waals surface area contributed by atoms with Gasteiger partial charge < -0.3 is 10.6 Å². The van der Waals surface area contributed by atoms with Gasteiger partial charge in [0.05, 0.1) is 6.20 Å². The highest BCUT2D eigenvalue weighted by Gasteiger charge is 2.11. The second-order valence-electron chi connectivity index (χ2n) is 4.60. The standard InChI is InChI=1S/C14H15ClN4/c1-16-13-12(15)8-17-14(19-13)18-11-6-5-9-3-2-4-10(9)7-11/h5-8H,2-4H2,1H3,(H2,16,17,18,19). The number of hydrogen-bond acceptors (Lipinski definition) is 4. The predicted molar refractivity (Wildman–Crippen MR) is 78.3 cm³/mol. The minimum atomic E-state index is 0.516. The number of aromatic nitrogens is 2. The number of nitrogens with one attached hydrogen (secondary N) is 2. The number of hydrogen-bond donors (Lipinski definition) is 2. The van der Waals surface area contributed by atoms with Gasteiger partial charge in [0.25, 0.3) is 0 Å². The second kappa shape index (κ2) is 5.05. The average Bonchev–Trinajstić information content (AvgIpc) is 2.88. The second-order valence-corrected chi connectivity index (χ2v) is 5.01. The molecule has 0 fully saturated rings. The van der Waals surface area contributed by atoms with Crippen LogP contribution < -0.4 is 10.6 Å². The van der Waals surface area contributed by atoms with Gasteiger partial charge in [-0.15, -0.1) is 0 Å². The zero-order chi connectivity index (χ0) is 13.2. The lowest BCUT2D eigenvalue weighted by Gasteiger charge is -2.09. The highest BCUT2D eigenvalue weighted by molar-refractivity contribution is 6.32. The Hall–Kier alpha value is -1.81. The summed E-state index contributed by atoms with van der Waals surface area (Å²) >= 11 is 5.96. The number of anilines is 3. The summed E-state index contributed by atoms with van der Waals surface area (Å²) in [4.78, 5) is 8.50. The van der Waals surface area contributed by atoms with Crippen molar-refractivity contribution in [2.45, 2.75) is 19.3 Å². The lowest BCUT2D eigenvalue weighted by Crippen LogP contribution is -2.01. The lowest BCUT2D eigenvalue weighted by molar-refractivity contribution is 0.912. The summed E-state index contributed by atoms with van der Waals surface area (Å²) in [7, 11) is 1.79. The van der Waals surface area contributed by atoms with Gasteiger partial charge in [-0.1, -0.05) is 17.7 Å². The largest absolute Gasteiger partial charge is 0.372 e. The molecule has 0 unspecified atom stereocenters. The third-order valence-corrected chi connectivity index (χ3v) is 3.61. The van der Waals surface area contributed by atoms with E-state index in [-0.39, 0.29) is 0 Å². The minimum Gasteiger partial charge on any atom is -0.372 e. The minimum absolute atomic E-state index is 0.516. The Balaban J connectivity index is 1.85. The van der Waals surface area contributed by atoms with E-state index in [9.17, 15) is 0 Å². The molecule has 1 heterocycles. The van der Waals surface area contributed by atoms with E-state index in [2.05, 4.69) is 38.8 Å². The quantitative estimate of drug-likeness (QED) is 0.901. The molecule has 0 spiro atoms. The van der Waals surface area contributed by atoms with Crippen molar-refractivity contribution in [3.05, 3.63) is 40.5 Å². The van der Waals surface area contributed by atoms with Gasteiger partial charge in [-0.2, -0.15) is 4.98 Å². The topological polar surface area (TPSA) is 49.8 Å². The zero-order valence-corrected chi connectivity index (χ0v) is 11.5. The van der Waals surface area contributed by atoms with Crippen molar-refractivity contribution in [3.8, 4) is 0 Å². The van der Waals surface area contributed by atoms with Crippen molar-refractivity contribution in [1.29, 1.82) is 0 Å². The normalized spacial score (nSPS) is 13.2. The summed E-state index contributed by atoms with van der Waals surface area (Å²) in [6.07, 6.45) is 5.20. The third-order valence-electron chi connectivity index (χ3n) is 3.34. The monoisotopic (exact) mass is 274 g/mol. The van der Waals surface area contributed by atoms with Gasteiger partial charge in [-0.05, 0) is 42.5 Å². The molecule has 5 heteroatoms. The van der Waals surface area contributed by atoms with E-state index in [0.29, 0.717) is 16.8 Å². The van der Waals surface area contributed by atoms with Crippen LogP contribution >= 0.6 is 11.6 Å². The molecule has 2 N–H and O–H groups in total. The van der Waals surface area contributed by atoms with Crippen LogP contribution in [0.4, 0.5) is 17.5 Å². The van der Waals surface area contributed by atoms with Gasteiger partial charge in [0.2, 0.25) is 5.95 Å². The first kappa shape index (κ1) is 12.2. The number of rotatable bonds is 3. The van der Waals surface area contributed by atoms with Crippen molar-refractivity contribution in [2.24, 2.45) is 0 Å². The highest BCUT2D eigenvalue weighted by atomic mass is 35.5. The zero-order valence-electron chi connectivity index (χ0n) is 10.7. The van der Waals surface area contributed by atoms with Gasteiger partial charge in [0.1, 0.15) is 10.8 Å². The van der Waals surface area contributed by atoms with Crippen LogP contribution in [0, 0.1) is 0 Å². The molecule has 0 aliphatic heterocycles. The molecule has 1 aromatic heterocycles. The first-order valence-corrected chi connectivity index (χ1v) is 6.73. The van der Waals surface area contributed by atoms with E-state index in [4.69, 9.17) is 11.6 Å². The SMILES string of the molecule is CNc1nc(Nc2ccc3c(c2)CCC3)ncc1Cl.